The lowest BCUT2D eigenvalue weighted by Crippen LogP contribution is -3.13. The van der Waals surface area contributed by atoms with E-state index in [2.05, 4.69) is 22.2 Å². The molecule has 1 saturated heterocycles. The minimum Gasteiger partial charge on any atom is -0.497 e. The number of quaternary nitrogens is 1. The second-order valence-electron chi connectivity index (χ2n) is 6.02. The van der Waals surface area contributed by atoms with E-state index in [1.165, 1.54) is 5.56 Å². The Morgan fingerprint density at radius 2 is 1.75 bits per heavy atom. The number of nitrogens with one attached hydrogen (secondary N) is 1. The number of hydrogen-bond acceptors (Lipinski definition) is 3. The van der Waals surface area contributed by atoms with Crippen molar-refractivity contribution < 1.29 is 9.64 Å². The summed E-state index contributed by atoms with van der Waals surface area (Å²) in [5.74, 6) is 0.867. The highest BCUT2D eigenvalue weighted by Gasteiger charge is 2.18. The predicted molar refractivity (Wildman–Crippen MR) is 98.0 cm³/mol. The first kappa shape index (κ1) is 16.8. The number of nitrogens with zero attached hydrogens (tertiary/aromatic N) is 2. The molecule has 2 aromatic carbocycles. The van der Waals surface area contributed by atoms with Crippen molar-refractivity contribution in [2.24, 2.45) is 5.10 Å². The number of methoxy groups -OCH3 is 1. The maximum absolute atomic E-state index is 5.94. The summed E-state index contributed by atoms with van der Waals surface area (Å²) in [7, 11) is 1.68. The molecule has 1 aliphatic rings. The molecule has 4 nitrogen and oxygen atoms in total. The lowest BCUT2D eigenvalue weighted by molar-refractivity contribution is -0.918. The molecule has 0 radical (unpaired) electrons. The Bertz CT molecular complexity index is 662. The zero-order valence-corrected chi connectivity index (χ0v) is 14.7. The number of hydrazone groups is 1. The monoisotopic (exact) mass is 344 g/mol. The van der Waals surface area contributed by atoms with Crippen molar-refractivity contribution in [3.63, 3.8) is 0 Å². The van der Waals surface area contributed by atoms with E-state index in [0.29, 0.717) is 0 Å². The maximum Gasteiger partial charge on any atom is 0.118 e. The topological polar surface area (TPSA) is 29.3 Å². The van der Waals surface area contributed by atoms with Crippen LogP contribution in [0.5, 0.6) is 5.75 Å². The van der Waals surface area contributed by atoms with Crippen molar-refractivity contribution >= 4 is 17.8 Å². The van der Waals surface area contributed by atoms with Gasteiger partial charge in [0.2, 0.25) is 0 Å². The zero-order valence-electron chi connectivity index (χ0n) is 13.9. The van der Waals surface area contributed by atoms with Crippen LogP contribution in [-0.2, 0) is 6.54 Å². The molecule has 0 aromatic heterocycles. The molecule has 0 spiro atoms. The summed E-state index contributed by atoms with van der Waals surface area (Å²) < 4.78 is 5.17. The molecule has 0 bridgehead atoms. The smallest absolute Gasteiger partial charge is 0.118 e. The van der Waals surface area contributed by atoms with Crippen molar-refractivity contribution in [2.45, 2.75) is 6.54 Å². The third kappa shape index (κ3) is 4.73. The van der Waals surface area contributed by atoms with Gasteiger partial charge in [-0.25, -0.2) is 0 Å². The van der Waals surface area contributed by atoms with Crippen molar-refractivity contribution in [2.75, 3.05) is 33.3 Å². The molecule has 5 heteroatoms. The highest BCUT2D eigenvalue weighted by molar-refractivity contribution is 6.30. The number of benzene rings is 2. The Labute approximate surface area is 148 Å². The van der Waals surface area contributed by atoms with Crippen molar-refractivity contribution in [3.8, 4) is 5.75 Å². The van der Waals surface area contributed by atoms with Crippen LogP contribution < -0.4 is 9.64 Å². The highest BCUT2D eigenvalue weighted by atomic mass is 35.5. The van der Waals surface area contributed by atoms with Crippen LogP contribution in [-0.4, -0.2) is 44.5 Å². The highest BCUT2D eigenvalue weighted by Crippen LogP contribution is 2.10. The van der Waals surface area contributed by atoms with Gasteiger partial charge in [0.1, 0.15) is 12.3 Å². The normalized spacial score (nSPS) is 15.8. The molecule has 1 N–H and O–H groups in total. The fourth-order valence-electron chi connectivity index (χ4n) is 2.83. The third-order valence-corrected chi connectivity index (χ3v) is 4.55. The molecule has 1 aliphatic heterocycles. The van der Waals surface area contributed by atoms with Crippen LogP contribution >= 0.6 is 11.6 Å². The Kier molecular flexibility index (Phi) is 5.72. The summed E-state index contributed by atoms with van der Waals surface area (Å²) in [5.41, 5.74) is 2.43. The zero-order chi connectivity index (χ0) is 16.8. The van der Waals surface area contributed by atoms with Gasteiger partial charge in [-0.2, -0.15) is 5.10 Å². The van der Waals surface area contributed by atoms with Crippen LogP contribution in [0.15, 0.2) is 53.6 Å². The van der Waals surface area contributed by atoms with Crippen LogP contribution in [0.2, 0.25) is 5.02 Å². The van der Waals surface area contributed by atoms with E-state index < -0.39 is 0 Å². The molecule has 0 amide bonds. The fourth-order valence-corrected chi connectivity index (χ4v) is 2.96. The van der Waals surface area contributed by atoms with Gasteiger partial charge in [-0.05, 0) is 42.0 Å². The van der Waals surface area contributed by atoms with Crippen molar-refractivity contribution in [1.82, 2.24) is 5.01 Å². The van der Waals surface area contributed by atoms with Gasteiger partial charge in [-0.15, -0.1) is 0 Å². The predicted octanol–water partition coefficient (Wildman–Crippen LogP) is 2.08. The van der Waals surface area contributed by atoms with E-state index in [1.54, 1.807) is 12.0 Å². The van der Waals surface area contributed by atoms with Crippen LogP contribution in [0.3, 0.4) is 0 Å². The molecule has 0 unspecified atom stereocenters. The van der Waals surface area contributed by atoms with Crippen molar-refractivity contribution in [1.29, 1.82) is 0 Å². The number of ether oxygens (including phenoxy) is 1. The summed E-state index contributed by atoms with van der Waals surface area (Å²) in [4.78, 5) is 1.59. The Hall–Kier alpha value is -2.04. The summed E-state index contributed by atoms with van der Waals surface area (Å²) >= 11 is 5.94. The number of rotatable bonds is 5. The number of piperazine rings is 1. The molecule has 1 heterocycles. The van der Waals surface area contributed by atoms with Gasteiger partial charge in [-0.1, -0.05) is 23.7 Å². The van der Waals surface area contributed by atoms with Gasteiger partial charge in [0.25, 0.3) is 0 Å². The first-order chi connectivity index (χ1) is 11.7. The number of halogens is 1. The molecule has 0 atom stereocenters. The summed E-state index contributed by atoms with van der Waals surface area (Å²) in [5, 5.41) is 7.54. The molecule has 0 aliphatic carbocycles. The van der Waals surface area contributed by atoms with Gasteiger partial charge in [0, 0.05) is 10.6 Å². The molecule has 0 saturated carbocycles. The van der Waals surface area contributed by atoms with E-state index >= 15 is 0 Å². The van der Waals surface area contributed by atoms with E-state index in [1.807, 2.05) is 42.6 Å². The van der Waals surface area contributed by atoms with Gasteiger partial charge in [0.15, 0.2) is 0 Å². The van der Waals surface area contributed by atoms with E-state index in [9.17, 15) is 0 Å². The molecular weight excluding hydrogens is 322 g/mol. The van der Waals surface area contributed by atoms with Gasteiger partial charge in [-0.3, -0.25) is 5.01 Å². The minimum absolute atomic E-state index is 0.798. The second kappa shape index (κ2) is 8.18. The molecule has 3 rings (SSSR count). The molecule has 1 fully saturated rings. The van der Waals surface area contributed by atoms with Gasteiger partial charge in [0.05, 0.1) is 39.5 Å². The Morgan fingerprint density at radius 3 is 2.38 bits per heavy atom. The first-order valence-corrected chi connectivity index (χ1v) is 8.62. The minimum atomic E-state index is 0.798. The Morgan fingerprint density at radius 1 is 1.08 bits per heavy atom. The van der Waals surface area contributed by atoms with Crippen molar-refractivity contribution in [3.05, 3.63) is 64.7 Å². The summed E-state index contributed by atoms with van der Waals surface area (Å²) in [6.07, 6.45) is 1.92. The lowest BCUT2D eigenvalue weighted by Gasteiger charge is -2.30. The summed E-state index contributed by atoms with van der Waals surface area (Å²) in [6, 6.07) is 16.1. The van der Waals surface area contributed by atoms with Gasteiger partial charge >= 0.3 is 0 Å². The largest absolute Gasteiger partial charge is 0.497 e. The van der Waals surface area contributed by atoms with Crippen LogP contribution in [0.4, 0.5) is 0 Å². The molecule has 24 heavy (non-hydrogen) atoms. The van der Waals surface area contributed by atoms with Crippen LogP contribution in [0, 0.1) is 0 Å². The van der Waals surface area contributed by atoms with E-state index in [-0.39, 0.29) is 0 Å². The Balaban J connectivity index is 1.47. The van der Waals surface area contributed by atoms with Gasteiger partial charge < -0.3 is 9.64 Å². The first-order valence-electron chi connectivity index (χ1n) is 8.24. The SMILES string of the molecule is COc1ccc(C=NN2CC[NH+](Cc3ccc(Cl)cc3)CC2)cc1. The maximum atomic E-state index is 5.94. The van der Waals surface area contributed by atoms with E-state index in [0.717, 1.165) is 49.1 Å². The summed E-state index contributed by atoms with van der Waals surface area (Å²) in [6.45, 7) is 5.21. The molecule has 2 aromatic rings. The molecular formula is C19H23ClN3O+. The quantitative estimate of drug-likeness (QED) is 0.842. The van der Waals surface area contributed by atoms with Crippen LogP contribution in [0.1, 0.15) is 11.1 Å². The standard InChI is InChI=1S/C19H22ClN3O/c1-24-19-8-4-16(5-9-19)14-21-23-12-10-22(11-13-23)15-17-2-6-18(20)7-3-17/h2-9,14H,10-13,15H2,1H3/p+1. The van der Waals surface area contributed by atoms with Crippen LogP contribution in [0.25, 0.3) is 0 Å². The third-order valence-electron chi connectivity index (χ3n) is 4.30. The van der Waals surface area contributed by atoms with E-state index in [4.69, 9.17) is 16.3 Å². The second-order valence-corrected chi connectivity index (χ2v) is 6.46. The molecule has 126 valence electrons. The fraction of sp³-hybridized carbons (Fsp3) is 0.316. The average molecular weight is 345 g/mol. The lowest BCUT2D eigenvalue weighted by atomic mass is 10.2. The average Bonchev–Trinajstić information content (AvgIpc) is 2.63. The number of hydrogen-bond donors (Lipinski definition) is 1.